The summed E-state index contributed by atoms with van der Waals surface area (Å²) in [6.45, 7) is 7.85. The maximum absolute atomic E-state index is 12.0. The third-order valence-electron chi connectivity index (χ3n) is 2.87. The van der Waals surface area contributed by atoms with Gasteiger partial charge in [-0.15, -0.1) is 0 Å². The van der Waals surface area contributed by atoms with Crippen molar-refractivity contribution in [2.24, 2.45) is 5.92 Å². The lowest BCUT2D eigenvalue weighted by atomic mass is 10.1. The van der Waals surface area contributed by atoms with E-state index in [1.807, 2.05) is 32.0 Å². The van der Waals surface area contributed by atoms with E-state index in [1.165, 1.54) is 6.08 Å². The first-order chi connectivity index (χ1) is 10.1. The van der Waals surface area contributed by atoms with Crippen LogP contribution in [0.25, 0.3) is 0 Å². The SMILES string of the molecule is C=CCOC(=O)[C@H](CC(C)C)Oc1cccc(CCO)c1. The molecule has 1 N–H and O–H groups in total. The van der Waals surface area contributed by atoms with Crippen LogP contribution in [0.15, 0.2) is 36.9 Å². The van der Waals surface area contributed by atoms with Crippen LogP contribution in [0.4, 0.5) is 0 Å². The number of benzene rings is 1. The third-order valence-corrected chi connectivity index (χ3v) is 2.87. The molecule has 0 aliphatic heterocycles. The van der Waals surface area contributed by atoms with E-state index >= 15 is 0 Å². The Morgan fingerprint density at radius 3 is 2.81 bits per heavy atom. The molecule has 0 amide bonds. The van der Waals surface area contributed by atoms with Crippen molar-refractivity contribution in [2.45, 2.75) is 32.8 Å². The third kappa shape index (κ3) is 6.45. The van der Waals surface area contributed by atoms with Gasteiger partial charge in [0, 0.05) is 6.61 Å². The number of hydrogen-bond donors (Lipinski definition) is 1. The highest BCUT2D eigenvalue weighted by molar-refractivity contribution is 5.75. The topological polar surface area (TPSA) is 55.8 Å². The van der Waals surface area contributed by atoms with Crippen molar-refractivity contribution in [3.63, 3.8) is 0 Å². The predicted molar refractivity (Wildman–Crippen MR) is 82.3 cm³/mol. The summed E-state index contributed by atoms with van der Waals surface area (Å²) in [5.74, 6) is 0.546. The summed E-state index contributed by atoms with van der Waals surface area (Å²) in [7, 11) is 0. The Labute approximate surface area is 126 Å². The quantitative estimate of drug-likeness (QED) is 0.561. The molecule has 1 aromatic rings. The van der Waals surface area contributed by atoms with Gasteiger partial charge in [0.15, 0.2) is 6.10 Å². The molecule has 21 heavy (non-hydrogen) atoms. The number of esters is 1. The van der Waals surface area contributed by atoms with E-state index in [2.05, 4.69) is 6.58 Å². The molecule has 0 aliphatic rings. The summed E-state index contributed by atoms with van der Waals surface area (Å²) in [4.78, 5) is 12.0. The average molecular weight is 292 g/mol. The highest BCUT2D eigenvalue weighted by atomic mass is 16.6. The Balaban J connectivity index is 2.77. The monoisotopic (exact) mass is 292 g/mol. The second-order valence-corrected chi connectivity index (χ2v) is 5.28. The number of aliphatic hydroxyl groups excluding tert-OH is 1. The lowest BCUT2D eigenvalue weighted by molar-refractivity contribution is -0.151. The van der Waals surface area contributed by atoms with E-state index in [0.29, 0.717) is 24.5 Å². The molecular weight excluding hydrogens is 268 g/mol. The van der Waals surface area contributed by atoms with Gasteiger partial charge >= 0.3 is 5.97 Å². The minimum absolute atomic E-state index is 0.0836. The fourth-order valence-corrected chi connectivity index (χ4v) is 1.92. The summed E-state index contributed by atoms with van der Waals surface area (Å²) < 4.78 is 10.9. The second-order valence-electron chi connectivity index (χ2n) is 5.28. The molecule has 0 aliphatic carbocycles. The van der Waals surface area contributed by atoms with Gasteiger partial charge in [0.05, 0.1) is 0 Å². The first-order valence-electron chi connectivity index (χ1n) is 7.20. The van der Waals surface area contributed by atoms with Gasteiger partial charge in [0.1, 0.15) is 12.4 Å². The van der Waals surface area contributed by atoms with Crippen LogP contribution in [0.5, 0.6) is 5.75 Å². The maximum Gasteiger partial charge on any atom is 0.347 e. The van der Waals surface area contributed by atoms with Crippen LogP contribution in [-0.4, -0.2) is 30.4 Å². The molecule has 0 spiro atoms. The van der Waals surface area contributed by atoms with Gasteiger partial charge in [-0.25, -0.2) is 4.79 Å². The van der Waals surface area contributed by atoms with Gasteiger partial charge in [-0.2, -0.15) is 0 Å². The van der Waals surface area contributed by atoms with E-state index in [4.69, 9.17) is 14.6 Å². The van der Waals surface area contributed by atoms with Crippen LogP contribution in [0.1, 0.15) is 25.8 Å². The largest absolute Gasteiger partial charge is 0.479 e. The molecule has 4 nitrogen and oxygen atoms in total. The molecule has 116 valence electrons. The molecular formula is C17H24O4. The van der Waals surface area contributed by atoms with Crippen molar-refractivity contribution < 1.29 is 19.4 Å². The molecule has 0 fully saturated rings. The molecule has 1 atom stereocenters. The van der Waals surface area contributed by atoms with Crippen molar-refractivity contribution in [1.29, 1.82) is 0 Å². The van der Waals surface area contributed by atoms with E-state index in [0.717, 1.165) is 5.56 Å². The van der Waals surface area contributed by atoms with Crippen LogP contribution in [-0.2, 0) is 16.0 Å². The summed E-state index contributed by atoms with van der Waals surface area (Å²) in [5, 5.41) is 8.97. The standard InChI is InChI=1S/C17H24O4/c1-4-10-20-17(19)16(11-13(2)3)21-15-7-5-6-14(12-15)8-9-18/h4-7,12-13,16,18H,1,8-11H2,2-3H3/t16-/m0/s1. The molecule has 0 aromatic heterocycles. The molecule has 0 radical (unpaired) electrons. The number of rotatable bonds is 9. The zero-order chi connectivity index (χ0) is 15.7. The van der Waals surface area contributed by atoms with E-state index < -0.39 is 6.10 Å². The minimum atomic E-state index is -0.630. The summed E-state index contributed by atoms with van der Waals surface area (Å²) in [6, 6.07) is 7.40. The molecule has 0 saturated heterocycles. The van der Waals surface area contributed by atoms with Gasteiger partial charge in [-0.05, 0) is 36.5 Å². The molecule has 4 heteroatoms. The van der Waals surface area contributed by atoms with Gasteiger partial charge < -0.3 is 14.6 Å². The van der Waals surface area contributed by atoms with Crippen LogP contribution < -0.4 is 4.74 Å². The summed E-state index contributed by atoms with van der Waals surface area (Å²) in [5.41, 5.74) is 0.970. The molecule has 0 unspecified atom stereocenters. The molecule has 0 saturated carbocycles. The van der Waals surface area contributed by atoms with E-state index in [-0.39, 0.29) is 19.2 Å². The number of ether oxygens (including phenoxy) is 2. The van der Waals surface area contributed by atoms with Crippen LogP contribution in [0, 0.1) is 5.92 Å². The lowest BCUT2D eigenvalue weighted by Gasteiger charge is -2.19. The zero-order valence-electron chi connectivity index (χ0n) is 12.7. The van der Waals surface area contributed by atoms with Gasteiger partial charge in [0.25, 0.3) is 0 Å². The van der Waals surface area contributed by atoms with Crippen LogP contribution in [0.2, 0.25) is 0 Å². The lowest BCUT2D eigenvalue weighted by Crippen LogP contribution is -2.31. The van der Waals surface area contributed by atoms with Crippen molar-refractivity contribution in [3.05, 3.63) is 42.5 Å². The Morgan fingerprint density at radius 1 is 1.43 bits per heavy atom. The molecule has 0 heterocycles. The fourth-order valence-electron chi connectivity index (χ4n) is 1.92. The second kappa shape index (κ2) is 9.19. The highest BCUT2D eigenvalue weighted by Gasteiger charge is 2.23. The van der Waals surface area contributed by atoms with Crippen molar-refractivity contribution in [3.8, 4) is 5.75 Å². The van der Waals surface area contributed by atoms with E-state index in [1.54, 1.807) is 6.07 Å². The van der Waals surface area contributed by atoms with E-state index in [9.17, 15) is 4.79 Å². The van der Waals surface area contributed by atoms with Crippen LogP contribution >= 0.6 is 0 Å². The Hall–Kier alpha value is -1.81. The molecule has 1 rings (SSSR count). The first kappa shape index (κ1) is 17.2. The number of aliphatic hydroxyl groups is 1. The Morgan fingerprint density at radius 2 is 2.19 bits per heavy atom. The normalized spacial score (nSPS) is 12.0. The van der Waals surface area contributed by atoms with Gasteiger partial charge in [-0.3, -0.25) is 0 Å². The van der Waals surface area contributed by atoms with Crippen molar-refractivity contribution >= 4 is 5.97 Å². The number of hydrogen-bond acceptors (Lipinski definition) is 4. The van der Waals surface area contributed by atoms with Crippen LogP contribution in [0.3, 0.4) is 0 Å². The summed E-state index contributed by atoms with van der Waals surface area (Å²) in [6.07, 6.45) is 2.05. The minimum Gasteiger partial charge on any atom is -0.479 e. The zero-order valence-corrected chi connectivity index (χ0v) is 12.7. The fraction of sp³-hybridized carbons (Fsp3) is 0.471. The van der Waals surface area contributed by atoms with Crippen molar-refractivity contribution in [1.82, 2.24) is 0 Å². The van der Waals surface area contributed by atoms with Gasteiger partial charge in [-0.1, -0.05) is 38.6 Å². The predicted octanol–water partition coefficient (Wildman–Crippen LogP) is 2.74. The Bertz CT molecular complexity index is 454. The average Bonchev–Trinajstić information content (AvgIpc) is 2.44. The maximum atomic E-state index is 12.0. The number of carbonyl (C=O) groups is 1. The van der Waals surface area contributed by atoms with Gasteiger partial charge in [0.2, 0.25) is 0 Å². The smallest absolute Gasteiger partial charge is 0.347 e. The highest BCUT2D eigenvalue weighted by Crippen LogP contribution is 2.19. The summed E-state index contributed by atoms with van der Waals surface area (Å²) >= 11 is 0. The molecule has 1 aromatic carbocycles. The van der Waals surface area contributed by atoms with Crippen molar-refractivity contribution in [2.75, 3.05) is 13.2 Å². The molecule has 0 bridgehead atoms. The Kier molecular flexibility index (Phi) is 7.54. The first-order valence-corrected chi connectivity index (χ1v) is 7.20. The number of carbonyl (C=O) groups excluding carboxylic acids is 1.